The van der Waals surface area contributed by atoms with Crippen molar-refractivity contribution < 1.29 is 14.3 Å². The molecule has 4 nitrogen and oxygen atoms in total. The van der Waals surface area contributed by atoms with Crippen LogP contribution in [0.5, 0.6) is 5.75 Å². The first-order valence-electron chi connectivity index (χ1n) is 8.14. The van der Waals surface area contributed by atoms with E-state index in [0.29, 0.717) is 13.2 Å². The summed E-state index contributed by atoms with van der Waals surface area (Å²) in [6.07, 6.45) is 6.44. The van der Waals surface area contributed by atoms with Gasteiger partial charge >= 0.3 is 0 Å². The summed E-state index contributed by atoms with van der Waals surface area (Å²) in [4.78, 5) is 12.5. The number of carbonyl (C=O) groups excluding carboxylic acids is 1. The highest BCUT2D eigenvalue weighted by Gasteiger charge is 2.44. The van der Waals surface area contributed by atoms with Gasteiger partial charge in [-0.3, -0.25) is 4.79 Å². The first kappa shape index (κ1) is 15.3. The van der Waals surface area contributed by atoms with Crippen LogP contribution < -0.4 is 10.1 Å². The van der Waals surface area contributed by atoms with E-state index in [9.17, 15) is 4.79 Å². The molecule has 0 saturated heterocycles. The predicted molar refractivity (Wildman–Crippen MR) is 85.0 cm³/mol. The van der Waals surface area contributed by atoms with Crippen LogP contribution >= 0.6 is 0 Å². The number of carbonyl (C=O) groups is 1. The van der Waals surface area contributed by atoms with E-state index in [1.807, 2.05) is 0 Å². The third-order valence-electron chi connectivity index (χ3n) is 5.15. The van der Waals surface area contributed by atoms with Crippen LogP contribution in [0.25, 0.3) is 0 Å². The zero-order chi connectivity index (χ0) is 15.6. The maximum absolute atomic E-state index is 12.5. The van der Waals surface area contributed by atoms with Crippen LogP contribution in [0.1, 0.15) is 42.4 Å². The van der Waals surface area contributed by atoms with E-state index in [0.717, 1.165) is 43.4 Å². The fourth-order valence-electron chi connectivity index (χ4n) is 3.66. The van der Waals surface area contributed by atoms with Gasteiger partial charge in [0.25, 0.3) is 0 Å². The van der Waals surface area contributed by atoms with Crippen molar-refractivity contribution in [3.8, 4) is 5.75 Å². The molecule has 4 heteroatoms. The number of fused-ring (bicyclic) bond motifs is 1. The molecule has 1 N–H and O–H groups in total. The molecule has 1 fully saturated rings. The van der Waals surface area contributed by atoms with Gasteiger partial charge < -0.3 is 14.8 Å². The minimum absolute atomic E-state index is 0.114. The van der Waals surface area contributed by atoms with Gasteiger partial charge in [-0.2, -0.15) is 0 Å². The molecule has 3 rings (SSSR count). The van der Waals surface area contributed by atoms with Crippen LogP contribution in [0.15, 0.2) is 12.1 Å². The number of methoxy groups -OCH3 is 2. The van der Waals surface area contributed by atoms with Crippen molar-refractivity contribution >= 4 is 5.91 Å². The number of hydrogen-bond donors (Lipinski definition) is 1. The topological polar surface area (TPSA) is 47.6 Å². The second kappa shape index (κ2) is 6.29. The molecular weight excluding hydrogens is 278 g/mol. The summed E-state index contributed by atoms with van der Waals surface area (Å²) in [5.74, 6) is 0.999. The fourth-order valence-corrected chi connectivity index (χ4v) is 3.66. The molecule has 0 aliphatic heterocycles. The Hall–Kier alpha value is -1.55. The molecule has 120 valence electrons. The summed E-state index contributed by atoms with van der Waals surface area (Å²) in [6.45, 7) is 1.04. The highest BCUT2D eigenvalue weighted by molar-refractivity contribution is 5.83. The van der Waals surface area contributed by atoms with Crippen molar-refractivity contribution in [2.75, 3.05) is 20.8 Å². The van der Waals surface area contributed by atoms with Gasteiger partial charge in [0.15, 0.2) is 0 Å². The third kappa shape index (κ3) is 2.72. The maximum atomic E-state index is 12.5. The van der Waals surface area contributed by atoms with Gasteiger partial charge in [0.05, 0.1) is 19.1 Å². The van der Waals surface area contributed by atoms with Crippen LogP contribution in [0.4, 0.5) is 0 Å². The van der Waals surface area contributed by atoms with E-state index in [1.165, 1.54) is 17.5 Å². The molecule has 1 saturated carbocycles. The molecule has 2 aliphatic carbocycles. The Morgan fingerprint density at radius 2 is 1.91 bits per heavy atom. The largest absolute Gasteiger partial charge is 0.496 e. The van der Waals surface area contributed by atoms with E-state index in [4.69, 9.17) is 9.47 Å². The van der Waals surface area contributed by atoms with Crippen LogP contribution in [-0.2, 0) is 28.9 Å². The molecule has 22 heavy (non-hydrogen) atoms. The summed E-state index contributed by atoms with van der Waals surface area (Å²) in [7, 11) is 3.36. The van der Waals surface area contributed by atoms with Crippen LogP contribution in [0, 0.1) is 5.41 Å². The second-order valence-electron chi connectivity index (χ2n) is 6.54. The van der Waals surface area contributed by atoms with Gasteiger partial charge in [-0.1, -0.05) is 12.5 Å². The molecule has 0 heterocycles. The quantitative estimate of drug-likeness (QED) is 0.879. The summed E-state index contributed by atoms with van der Waals surface area (Å²) in [5, 5.41) is 3.09. The normalized spacial score (nSPS) is 18.5. The lowest BCUT2D eigenvalue weighted by Gasteiger charge is -2.39. The number of amides is 1. The Labute approximate surface area is 132 Å². The SMILES string of the molecule is COCC1(C(=O)NCc2cc3c(cc2OC)CCC3)CCC1. The minimum atomic E-state index is -0.307. The number of rotatable bonds is 6. The number of nitrogens with one attached hydrogen (secondary N) is 1. The lowest BCUT2D eigenvalue weighted by molar-refractivity contribution is -0.140. The van der Waals surface area contributed by atoms with Crippen molar-refractivity contribution in [2.45, 2.75) is 45.1 Å². The Morgan fingerprint density at radius 3 is 2.50 bits per heavy atom. The van der Waals surface area contributed by atoms with Crippen LogP contribution in [-0.4, -0.2) is 26.7 Å². The highest BCUT2D eigenvalue weighted by Crippen LogP contribution is 2.41. The zero-order valence-corrected chi connectivity index (χ0v) is 13.5. The Bertz CT molecular complexity index is 564. The van der Waals surface area contributed by atoms with Gasteiger partial charge in [-0.25, -0.2) is 0 Å². The average molecular weight is 303 g/mol. The first-order valence-corrected chi connectivity index (χ1v) is 8.14. The summed E-state index contributed by atoms with van der Waals surface area (Å²) >= 11 is 0. The number of aryl methyl sites for hydroxylation is 2. The molecule has 2 aliphatic rings. The highest BCUT2D eigenvalue weighted by atomic mass is 16.5. The number of hydrogen-bond acceptors (Lipinski definition) is 3. The van der Waals surface area contributed by atoms with Crippen molar-refractivity contribution in [3.63, 3.8) is 0 Å². The lowest BCUT2D eigenvalue weighted by atomic mass is 9.68. The smallest absolute Gasteiger partial charge is 0.228 e. The Balaban J connectivity index is 1.70. The number of ether oxygens (including phenoxy) is 2. The van der Waals surface area contributed by atoms with E-state index in [1.54, 1.807) is 14.2 Å². The van der Waals surface area contributed by atoms with Crippen LogP contribution in [0.3, 0.4) is 0 Å². The van der Waals surface area contributed by atoms with Gasteiger partial charge in [0.1, 0.15) is 5.75 Å². The lowest BCUT2D eigenvalue weighted by Crippen LogP contribution is -2.48. The summed E-state index contributed by atoms with van der Waals surface area (Å²) < 4.78 is 10.7. The summed E-state index contributed by atoms with van der Waals surface area (Å²) in [5.41, 5.74) is 3.56. The van der Waals surface area contributed by atoms with Crippen molar-refractivity contribution in [1.29, 1.82) is 0 Å². The molecular formula is C18H25NO3. The Kier molecular flexibility index (Phi) is 4.39. The molecule has 1 amide bonds. The molecule has 0 spiro atoms. The van der Waals surface area contributed by atoms with Gasteiger partial charge in [-0.05, 0) is 49.3 Å². The molecule has 0 atom stereocenters. The number of benzene rings is 1. The molecule has 0 bridgehead atoms. The molecule has 1 aromatic rings. The third-order valence-corrected chi connectivity index (χ3v) is 5.15. The Morgan fingerprint density at radius 1 is 1.18 bits per heavy atom. The van der Waals surface area contributed by atoms with Gasteiger partial charge in [0, 0.05) is 19.2 Å². The maximum Gasteiger partial charge on any atom is 0.228 e. The monoisotopic (exact) mass is 303 g/mol. The standard InChI is InChI=1S/C18H25NO3/c1-21-12-18(7-4-8-18)17(20)19-11-15-9-13-5-3-6-14(13)10-16(15)22-2/h9-10H,3-8,11-12H2,1-2H3,(H,19,20). The van der Waals surface area contributed by atoms with Crippen molar-refractivity contribution in [2.24, 2.45) is 5.41 Å². The zero-order valence-electron chi connectivity index (χ0n) is 13.5. The van der Waals surface area contributed by atoms with Gasteiger partial charge in [0.2, 0.25) is 5.91 Å². The average Bonchev–Trinajstić information content (AvgIpc) is 2.94. The predicted octanol–water partition coefficient (Wildman–Crippen LogP) is 2.62. The van der Waals surface area contributed by atoms with E-state index >= 15 is 0 Å². The molecule has 1 aromatic carbocycles. The first-order chi connectivity index (χ1) is 10.7. The summed E-state index contributed by atoms with van der Waals surface area (Å²) in [6, 6.07) is 4.34. The van der Waals surface area contributed by atoms with Crippen molar-refractivity contribution in [3.05, 3.63) is 28.8 Å². The van der Waals surface area contributed by atoms with Gasteiger partial charge in [-0.15, -0.1) is 0 Å². The molecule has 0 aromatic heterocycles. The van der Waals surface area contributed by atoms with Crippen molar-refractivity contribution in [1.82, 2.24) is 5.32 Å². The van der Waals surface area contributed by atoms with E-state index in [2.05, 4.69) is 17.4 Å². The molecule has 0 unspecified atom stereocenters. The molecule has 0 radical (unpaired) electrons. The van der Waals surface area contributed by atoms with E-state index < -0.39 is 0 Å². The fraction of sp³-hybridized carbons (Fsp3) is 0.611. The van der Waals surface area contributed by atoms with E-state index in [-0.39, 0.29) is 11.3 Å². The second-order valence-corrected chi connectivity index (χ2v) is 6.54. The van der Waals surface area contributed by atoms with Crippen LogP contribution in [0.2, 0.25) is 0 Å². The minimum Gasteiger partial charge on any atom is -0.496 e.